The van der Waals surface area contributed by atoms with Crippen LogP contribution in [-0.2, 0) is 25.6 Å². The zero-order valence-corrected chi connectivity index (χ0v) is 11.9. The van der Waals surface area contributed by atoms with Crippen LogP contribution in [0.1, 0.15) is 32.1 Å². The molecule has 0 aromatic carbocycles. The molecule has 17 heavy (non-hydrogen) atoms. The lowest BCUT2D eigenvalue weighted by Gasteiger charge is -2.56. The van der Waals surface area contributed by atoms with E-state index in [4.69, 9.17) is 11.2 Å². The molecule has 2 bridgehead atoms. The van der Waals surface area contributed by atoms with Gasteiger partial charge in [0.15, 0.2) is 0 Å². The van der Waals surface area contributed by atoms with Gasteiger partial charge in [-0.15, -0.1) is 0 Å². The van der Waals surface area contributed by atoms with Crippen molar-refractivity contribution >= 4 is 26.7 Å². The maximum atomic E-state index is 12.4. The highest BCUT2D eigenvalue weighted by Crippen LogP contribution is 2.37. The van der Waals surface area contributed by atoms with Crippen molar-refractivity contribution in [2.45, 2.75) is 44.2 Å². The fourth-order valence-corrected chi connectivity index (χ4v) is 4.65. The van der Waals surface area contributed by atoms with Crippen molar-refractivity contribution in [1.29, 1.82) is 0 Å². The molecule has 0 aromatic rings. The van der Waals surface area contributed by atoms with Crippen LogP contribution in [0.15, 0.2) is 0 Å². The molecule has 1 aliphatic carbocycles. The van der Waals surface area contributed by atoms with Gasteiger partial charge in [-0.2, -0.15) is 0 Å². The molecule has 0 aromatic heterocycles. The monoisotopic (exact) mass is 272 g/mol. The summed E-state index contributed by atoms with van der Waals surface area (Å²) in [5, 5.41) is 0. The SMILES string of the molecule is CS(=S)N1CC2CC(C1)N2C(=O)C1CCCC1. The normalized spacial score (nSPS) is 35.7. The van der Waals surface area contributed by atoms with Gasteiger partial charge in [-0.25, -0.2) is 4.31 Å². The molecule has 4 aliphatic rings. The number of carbonyl (C=O) groups is 1. The van der Waals surface area contributed by atoms with Gasteiger partial charge in [-0.3, -0.25) is 4.79 Å². The summed E-state index contributed by atoms with van der Waals surface area (Å²) in [5.41, 5.74) is 0. The molecule has 3 unspecified atom stereocenters. The summed E-state index contributed by atoms with van der Waals surface area (Å²) in [6.07, 6.45) is 8.05. The lowest BCUT2D eigenvalue weighted by molar-refractivity contribution is -0.154. The summed E-state index contributed by atoms with van der Waals surface area (Å²) in [5.74, 6) is 0.791. The Kier molecular flexibility index (Phi) is 3.26. The van der Waals surface area contributed by atoms with Gasteiger partial charge in [-0.1, -0.05) is 22.5 Å². The molecule has 1 saturated carbocycles. The van der Waals surface area contributed by atoms with Crippen LogP contribution in [-0.4, -0.2) is 46.5 Å². The maximum Gasteiger partial charge on any atom is 0.226 e. The summed E-state index contributed by atoms with van der Waals surface area (Å²) in [6, 6.07) is 0.944. The van der Waals surface area contributed by atoms with Gasteiger partial charge in [0.1, 0.15) is 0 Å². The van der Waals surface area contributed by atoms with Gasteiger partial charge < -0.3 is 4.90 Å². The van der Waals surface area contributed by atoms with Crippen LogP contribution in [0.4, 0.5) is 0 Å². The Balaban J connectivity index is 1.64. The first-order valence-corrected chi connectivity index (χ1v) is 9.09. The molecule has 0 radical (unpaired) electrons. The molecule has 4 rings (SSSR count). The Labute approximate surface area is 110 Å². The summed E-state index contributed by atoms with van der Waals surface area (Å²) in [4.78, 5) is 14.6. The van der Waals surface area contributed by atoms with Crippen molar-refractivity contribution < 1.29 is 4.79 Å². The van der Waals surface area contributed by atoms with E-state index in [1.807, 2.05) is 0 Å². The Morgan fingerprint density at radius 1 is 1.24 bits per heavy atom. The molecule has 3 heterocycles. The molecule has 4 fully saturated rings. The van der Waals surface area contributed by atoms with Crippen LogP contribution in [0.2, 0.25) is 0 Å². The van der Waals surface area contributed by atoms with Gasteiger partial charge in [0.05, 0.1) is 0 Å². The second-order valence-electron chi connectivity index (χ2n) is 5.54. The van der Waals surface area contributed by atoms with Gasteiger partial charge in [-0.05, 0) is 30.5 Å². The van der Waals surface area contributed by atoms with Crippen LogP contribution in [0, 0.1) is 5.92 Å². The van der Waals surface area contributed by atoms with E-state index in [-0.39, 0.29) is 9.64 Å². The molecule has 0 spiro atoms. The summed E-state index contributed by atoms with van der Waals surface area (Å²) >= 11 is 5.33. The van der Waals surface area contributed by atoms with E-state index >= 15 is 0 Å². The average molecular weight is 272 g/mol. The number of fused-ring (bicyclic) bond motifs is 2. The molecule has 1 amide bonds. The second kappa shape index (κ2) is 4.59. The highest BCUT2D eigenvalue weighted by molar-refractivity contribution is 8.27. The number of piperazine rings is 1. The van der Waals surface area contributed by atoms with Crippen molar-refractivity contribution in [3.05, 3.63) is 0 Å². The third kappa shape index (κ3) is 2.06. The van der Waals surface area contributed by atoms with Crippen LogP contribution in [0.5, 0.6) is 0 Å². The number of carbonyl (C=O) groups excluding carboxylic acids is 1. The highest BCUT2D eigenvalue weighted by Gasteiger charge is 2.48. The number of hydrogen-bond acceptors (Lipinski definition) is 2. The fourth-order valence-electron chi connectivity index (χ4n) is 3.52. The summed E-state index contributed by atoms with van der Waals surface area (Å²) in [6.45, 7) is 2.02. The minimum Gasteiger partial charge on any atom is -0.334 e. The van der Waals surface area contributed by atoms with Crippen LogP contribution in [0.25, 0.3) is 0 Å². The highest BCUT2D eigenvalue weighted by atomic mass is 32.8. The van der Waals surface area contributed by atoms with Crippen LogP contribution < -0.4 is 0 Å². The zero-order chi connectivity index (χ0) is 12.0. The van der Waals surface area contributed by atoms with E-state index in [0.717, 1.165) is 25.9 Å². The molecule has 3 saturated heterocycles. The van der Waals surface area contributed by atoms with Crippen molar-refractivity contribution in [3.8, 4) is 0 Å². The van der Waals surface area contributed by atoms with Crippen LogP contribution >= 0.6 is 0 Å². The van der Waals surface area contributed by atoms with E-state index in [0.29, 0.717) is 23.9 Å². The molecule has 0 N–H and O–H groups in total. The van der Waals surface area contributed by atoms with Gasteiger partial charge in [0.2, 0.25) is 5.91 Å². The predicted molar refractivity (Wildman–Crippen MR) is 73.2 cm³/mol. The summed E-state index contributed by atoms with van der Waals surface area (Å²) in [7, 11) is -0.0437. The zero-order valence-electron chi connectivity index (χ0n) is 10.3. The van der Waals surface area contributed by atoms with E-state index in [9.17, 15) is 4.79 Å². The average Bonchev–Trinajstić information content (AvgIpc) is 2.82. The number of hydrogen-bond donors (Lipinski definition) is 0. The first-order valence-electron chi connectivity index (χ1n) is 6.57. The third-order valence-electron chi connectivity index (χ3n) is 4.48. The standard InChI is InChI=1S/C12H20N2OS2/c1-17(16)13-7-10-6-11(8-13)14(10)12(15)9-4-2-3-5-9/h9-11H,2-8H2,1H3. The van der Waals surface area contributed by atoms with Gasteiger partial charge in [0, 0.05) is 37.3 Å². The molecule has 3 atom stereocenters. The smallest absolute Gasteiger partial charge is 0.226 e. The lowest BCUT2D eigenvalue weighted by Crippen LogP contribution is -2.70. The summed E-state index contributed by atoms with van der Waals surface area (Å²) < 4.78 is 2.37. The molecule has 5 heteroatoms. The number of rotatable bonds is 2. The topological polar surface area (TPSA) is 23.6 Å². The van der Waals surface area contributed by atoms with Gasteiger partial charge >= 0.3 is 0 Å². The van der Waals surface area contributed by atoms with Crippen LogP contribution in [0.3, 0.4) is 0 Å². The Morgan fingerprint density at radius 2 is 1.82 bits per heavy atom. The third-order valence-corrected chi connectivity index (χ3v) is 6.14. The van der Waals surface area contributed by atoms with E-state index in [2.05, 4.69) is 15.5 Å². The lowest BCUT2D eigenvalue weighted by atomic mass is 9.86. The minimum absolute atomic E-state index is 0.0437. The van der Waals surface area contributed by atoms with E-state index in [1.165, 1.54) is 19.3 Å². The quantitative estimate of drug-likeness (QED) is 0.752. The first kappa shape index (κ1) is 12.1. The number of nitrogens with zero attached hydrogens (tertiary/aromatic N) is 2. The molecular weight excluding hydrogens is 252 g/mol. The molecular formula is C12H20N2OS2. The number of amides is 1. The first-order chi connectivity index (χ1) is 8.16. The van der Waals surface area contributed by atoms with Crippen molar-refractivity contribution in [3.63, 3.8) is 0 Å². The van der Waals surface area contributed by atoms with Gasteiger partial charge in [0.25, 0.3) is 0 Å². The van der Waals surface area contributed by atoms with E-state index in [1.54, 1.807) is 0 Å². The predicted octanol–water partition coefficient (Wildman–Crippen LogP) is 1.09. The number of piperidine rings is 1. The van der Waals surface area contributed by atoms with Crippen molar-refractivity contribution in [2.75, 3.05) is 19.3 Å². The minimum atomic E-state index is -0.0437. The molecule has 96 valence electrons. The second-order valence-corrected chi connectivity index (χ2v) is 8.35. The Bertz CT molecular complexity index is 342. The van der Waals surface area contributed by atoms with Crippen molar-refractivity contribution in [2.24, 2.45) is 5.92 Å². The molecule has 3 nitrogen and oxygen atoms in total. The van der Waals surface area contributed by atoms with E-state index < -0.39 is 0 Å². The maximum absolute atomic E-state index is 12.4. The Hall–Kier alpha value is -0.000000000000000111. The molecule has 3 aliphatic heterocycles. The van der Waals surface area contributed by atoms with Crippen molar-refractivity contribution in [1.82, 2.24) is 9.21 Å². The fraction of sp³-hybridized carbons (Fsp3) is 0.917. The largest absolute Gasteiger partial charge is 0.334 e. The Morgan fingerprint density at radius 3 is 2.35 bits per heavy atom.